The first-order valence-corrected chi connectivity index (χ1v) is 7.26. The molecule has 5 nitrogen and oxygen atoms in total. The van der Waals surface area contributed by atoms with Crippen molar-refractivity contribution < 1.29 is 14.1 Å². The molecule has 0 aliphatic rings. The van der Waals surface area contributed by atoms with Crippen LogP contribution >= 0.6 is 0 Å². The number of nitrogens with zero attached hydrogens (tertiary/aromatic N) is 1. The number of benzene rings is 2. The van der Waals surface area contributed by atoms with Crippen LogP contribution in [0, 0.1) is 0 Å². The first kappa shape index (κ1) is 14.8. The van der Waals surface area contributed by atoms with Gasteiger partial charge in [-0.05, 0) is 30.2 Å². The van der Waals surface area contributed by atoms with E-state index in [0.29, 0.717) is 11.6 Å². The van der Waals surface area contributed by atoms with Crippen LogP contribution in [-0.4, -0.2) is 17.2 Å². The van der Waals surface area contributed by atoms with E-state index in [2.05, 4.69) is 15.0 Å². The minimum atomic E-state index is -0.644. The summed E-state index contributed by atoms with van der Waals surface area (Å²) in [6, 6.07) is 19.3. The predicted octanol–water partition coefficient (Wildman–Crippen LogP) is 3.75. The van der Waals surface area contributed by atoms with Crippen molar-refractivity contribution in [3.05, 3.63) is 66.9 Å². The Morgan fingerprint density at radius 2 is 1.74 bits per heavy atom. The topological polar surface area (TPSA) is 64.4 Å². The van der Waals surface area contributed by atoms with Crippen LogP contribution in [0.2, 0.25) is 0 Å². The van der Waals surface area contributed by atoms with Crippen LogP contribution in [0.1, 0.15) is 6.92 Å². The molecular weight excluding hydrogens is 292 g/mol. The maximum Gasteiger partial charge on any atom is 0.266 e. The molecule has 23 heavy (non-hydrogen) atoms. The van der Waals surface area contributed by atoms with Gasteiger partial charge in [0.2, 0.25) is 0 Å². The molecule has 1 aromatic heterocycles. The van der Waals surface area contributed by atoms with Gasteiger partial charge in [0.1, 0.15) is 12.0 Å². The largest absolute Gasteiger partial charge is 0.481 e. The van der Waals surface area contributed by atoms with Crippen LogP contribution in [0.3, 0.4) is 0 Å². The monoisotopic (exact) mass is 308 g/mol. The Labute approximate surface area is 133 Å². The maximum absolute atomic E-state index is 12.0. The van der Waals surface area contributed by atoms with Crippen molar-refractivity contribution in [1.29, 1.82) is 0 Å². The number of rotatable bonds is 5. The second kappa shape index (κ2) is 6.79. The number of ether oxygens (including phenoxy) is 1. The molecule has 0 saturated heterocycles. The summed E-state index contributed by atoms with van der Waals surface area (Å²) in [6.07, 6.45) is 0.748. The summed E-state index contributed by atoms with van der Waals surface area (Å²) in [5, 5.41) is 6.24. The molecule has 0 radical (unpaired) electrons. The Morgan fingerprint density at radius 1 is 1.04 bits per heavy atom. The van der Waals surface area contributed by atoms with Crippen LogP contribution in [0.25, 0.3) is 11.1 Å². The normalized spacial score (nSPS) is 11.7. The number of anilines is 1. The van der Waals surface area contributed by atoms with E-state index in [0.717, 1.165) is 11.1 Å². The first-order valence-electron chi connectivity index (χ1n) is 7.26. The van der Waals surface area contributed by atoms with Gasteiger partial charge in [0.25, 0.3) is 5.91 Å². The first-order chi connectivity index (χ1) is 11.2. The third-order valence-corrected chi connectivity index (χ3v) is 3.33. The number of aromatic nitrogens is 1. The molecule has 0 bridgehead atoms. The van der Waals surface area contributed by atoms with Crippen molar-refractivity contribution in [2.24, 2.45) is 0 Å². The average Bonchev–Trinajstić information content (AvgIpc) is 3.09. The molecule has 5 heteroatoms. The van der Waals surface area contributed by atoms with Gasteiger partial charge in [-0.15, -0.1) is 0 Å². The SMILES string of the molecule is CC(Oc1ccc(-c2ccccc2)cc1)C(=O)Nc1ccon1. The molecule has 116 valence electrons. The zero-order valence-electron chi connectivity index (χ0n) is 12.6. The lowest BCUT2D eigenvalue weighted by atomic mass is 10.1. The second-order valence-electron chi connectivity index (χ2n) is 5.02. The summed E-state index contributed by atoms with van der Waals surface area (Å²) in [4.78, 5) is 12.0. The van der Waals surface area contributed by atoms with Gasteiger partial charge in [-0.3, -0.25) is 4.79 Å². The van der Waals surface area contributed by atoms with Gasteiger partial charge >= 0.3 is 0 Å². The summed E-state index contributed by atoms with van der Waals surface area (Å²) < 4.78 is 10.3. The summed E-state index contributed by atoms with van der Waals surface area (Å²) >= 11 is 0. The fraction of sp³-hybridized carbons (Fsp3) is 0.111. The second-order valence-corrected chi connectivity index (χ2v) is 5.02. The number of amides is 1. The van der Waals surface area contributed by atoms with Gasteiger partial charge in [-0.2, -0.15) is 0 Å². The third-order valence-electron chi connectivity index (χ3n) is 3.33. The average molecular weight is 308 g/mol. The molecule has 0 aliphatic carbocycles. The fourth-order valence-electron chi connectivity index (χ4n) is 2.12. The van der Waals surface area contributed by atoms with E-state index in [1.807, 2.05) is 54.6 Å². The molecular formula is C18H16N2O3. The molecule has 3 rings (SSSR count). The van der Waals surface area contributed by atoms with Gasteiger partial charge in [-0.25, -0.2) is 0 Å². The standard InChI is InChI=1S/C18H16N2O3/c1-13(18(21)19-17-11-12-22-20-17)23-16-9-7-15(8-10-16)14-5-3-2-4-6-14/h2-13H,1H3,(H,19,20,21). The summed E-state index contributed by atoms with van der Waals surface area (Å²) in [6.45, 7) is 1.68. The summed E-state index contributed by atoms with van der Waals surface area (Å²) in [5.74, 6) is 0.711. The van der Waals surface area contributed by atoms with Crippen molar-refractivity contribution in [2.45, 2.75) is 13.0 Å². The molecule has 1 heterocycles. The van der Waals surface area contributed by atoms with Gasteiger partial charge in [0, 0.05) is 6.07 Å². The van der Waals surface area contributed by atoms with E-state index in [4.69, 9.17) is 4.74 Å². The highest BCUT2D eigenvalue weighted by atomic mass is 16.5. The number of carbonyl (C=O) groups is 1. The Kier molecular flexibility index (Phi) is 4.38. The fourth-order valence-corrected chi connectivity index (χ4v) is 2.12. The lowest BCUT2D eigenvalue weighted by Crippen LogP contribution is -2.30. The number of hydrogen-bond donors (Lipinski definition) is 1. The Bertz CT molecular complexity index is 753. The van der Waals surface area contributed by atoms with E-state index in [1.54, 1.807) is 13.0 Å². The quantitative estimate of drug-likeness (QED) is 0.779. The van der Waals surface area contributed by atoms with Crippen LogP contribution in [0.15, 0.2) is 71.4 Å². The van der Waals surface area contributed by atoms with Crippen LogP contribution in [0.4, 0.5) is 5.82 Å². The van der Waals surface area contributed by atoms with E-state index in [-0.39, 0.29) is 5.91 Å². The third kappa shape index (κ3) is 3.77. The molecule has 1 N–H and O–H groups in total. The molecule has 1 unspecified atom stereocenters. The van der Waals surface area contributed by atoms with Crippen LogP contribution < -0.4 is 10.1 Å². The molecule has 0 fully saturated rings. The minimum Gasteiger partial charge on any atom is -0.481 e. The van der Waals surface area contributed by atoms with Crippen LogP contribution in [0.5, 0.6) is 5.75 Å². The van der Waals surface area contributed by atoms with Crippen molar-refractivity contribution >= 4 is 11.7 Å². The maximum atomic E-state index is 12.0. The van der Waals surface area contributed by atoms with Crippen molar-refractivity contribution in [1.82, 2.24) is 5.16 Å². The van der Waals surface area contributed by atoms with Gasteiger partial charge in [0.05, 0.1) is 0 Å². The highest BCUT2D eigenvalue weighted by molar-refractivity contribution is 5.93. The zero-order chi connectivity index (χ0) is 16.1. The Morgan fingerprint density at radius 3 is 2.39 bits per heavy atom. The van der Waals surface area contributed by atoms with Crippen molar-refractivity contribution in [3.63, 3.8) is 0 Å². The smallest absolute Gasteiger partial charge is 0.266 e. The Hall–Kier alpha value is -3.08. The lowest BCUT2D eigenvalue weighted by Gasteiger charge is -2.14. The molecule has 0 saturated carbocycles. The minimum absolute atomic E-state index is 0.286. The van der Waals surface area contributed by atoms with E-state index in [1.165, 1.54) is 6.26 Å². The van der Waals surface area contributed by atoms with E-state index in [9.17, 15) is 4.79 Å². The predicted molar refractivity (Wildman–Crippen MR) is 87.1 cm³/mol. The Balaban J connectivity index is 1.62. The van der Waals surface area contributed by atoms with Gasteiger partial charge in [0.15, 0.2) is 11.9 Å². The highest BCUT2D eigenvalue weighted by Crippen LogP contribution is 2.22. The molecule has 0 aliphatic heterocycles. The number of carbonyl (C=O) groups excluding carboxylic acids is 1. The zero-order valence-corrected chi connectivity index (χ0v) is 12.6. The summed E-state index contributed by atoms with van der Waals surface area (Å²) in [5.41, 5.74) is 2.23. The molecule has 1 amide bonds. The van der Waals surface area contributed by atoms with Crippen molar-refractivity contribution in [3.8, 4) is 16.9 Å². The molecule has 1 atom stereocenters. The molecule has 3 aromatic rings. The van der Waals surface area contributed by atoms with E-state index >= 15 is 0 Å². The van der Waals surface area contributed by atoms with Crippen LogP contribution in [-0.2, 0) is 4.79 Å². The summed E-state index contributed by atoms with van der Waals surface area (Å²) in [7, 11) is 0. The van der Waals surface area contributed by atoms with Gasteiger partial charge in [-0.1, -0.05) is 47.6 Å². The number of nitrogens with one attached hydrogen (secondary N) is 1. The highest BCUT2D eigenvalue weighted by Gasteiger charge is 2.15. The molecule has 0 spiro atoms. The molecule has 2 aromatic carbocycles. The van der Waals surface area contributed by atoms with Gasteiger partial charge < -0.3 is 14.6 Å². The lowest BCUT2D eigenvalue weighted by molar-refractivity contribution is -0.122. The van der Waals surface area contributed by atoms with E-state index < -0.39 is 6.10 Å². The number of hydrogen-bond acceptors (Lipinski definition) is 4. The van der Waals surface area contributed by atoms with Crippen molar-refractivity contribution in [2.75, 3.05) is 5.32 Å².